The number of carbonyl (C=O) groups is 1. The van der Waals surface area contributed by atoms with Crippen molar-refractivity contribution in [1.29, 1.82) is 0 Å². The van der Waals surface area contributed by atoms with E-state index in [1.54, 1.807) is 31.4 Å². The van der Waals surface area contributed by atoms with Crippen molar-refractivity contribution in [2.45, 2.75) is 39.2 Å². The molecule has 1 atom stereocenters. The van der Waals surface area contributed by atoms with Crippen LogP contribution in [0, 0.1) is 0 Å². The summed E-state index contributed by atoms with van der Waals surface area (Å²) in [6.07, 6.45) is 1.68. The Bertz CT molecular complexity index is 766. The van der Waals surface area contributed by atoms with Crippen molar-refractivity contribution in [3.8, 4) is 17.2 Å². The Morgan fingerprint density at radius 2 is 1.96 bits per heavy atom. The van der Waals surface area contributed by atoms with E-state index in [1.807, 2.05) is 32.0 Å². The van der Waals surface area contributed by atoms with Gasteiger partial charge in [0.25, 0.3) is 5.91 Å². The van der Waals surface area contributed by atoms with Gasteiger partial charge in [-0.05, 0) is 62.1 Å². The second kappa shape index (κ2) is 11.4. The van der Waals surface area contributed by atoms with Gasteiger partial charge in [-0.1, -0.05) is 30.7 Å². The third-order valence-electron chi connectivity index (χ3n) is 4.21. The monoisotopic (exact) mass is 405 g/mol. The number of hydrogen-bond donors (Lipinski definition) is 1. The summed E-state index contributed by atoms with van der Waals surface area (Å²) in [5, 5.41) is 3.53. The zero-order valence-electron chi connectivity index (χ0n) is 16.7. The van der Waals surface area contributed by atoms with E-state index in [4.69, 9.17) is 25.8 Å². The molecule has 0 spiro atoms. The molecule has 0 fully saturated rings. The van der Waals surface area contributed by atoms with Crippen LogP contribution < -0.4 is 19.5 Å². The molecule has 0 saturated heterocycles. The highest BCUT2D eigenvalue weighted by Crippen LogP contribution is 2.28. The van der Waals surface area contributed by atoms with Crippen LogP contribution in [0.15, 0.2) is 42.5 Å². The Morgan fingerprint density at radius 1 is 1.14 bits per heavy atom. The number of methoxy groups -OCH3 is 1. The number of benzene rings is 2. The average molecular weight is 406 g/mol. The number of ether oxygens (including phenoxy) is 3. The summed E-state index contributed by atoms with van der Waals surface area (Å²) in [4.78, 5) is 12.4. The number of carbonyl (C=O) groups excluding carboxylic acids is 1. The molecule has 1 N–H and O–H groups in total. The van der Waals surface area contributed by atoms with Crippen LogP contribution in [0.2, 0.25) is 5.02 Å². The molecule has 6 heteroatoms. The summed E-state index contributed by atoms with van der Waals surface area (Å²) in [6, 6.07) is 13.0. The topological polar surface area (TPSA) is 56.8 Å². The van der Waals surface area contributed by atoms with Crippen LogP contribution in [0.4, 0.5) is 0 Å². The number of hydrogen-bond acceptors (Lipinski definition) is 4. The fourth-order valence-corrected chi connectivity index (χ4v) is 2.97. The molecule has 0 aliphatic carbocycles. The minimum Gasteiger partial charge on any atom is -0.493 e. The highest BCUT2D eigenvalue weighted by atomic mass is 35.5. The van der Waals surface area contributed by atoms with E-state index in [0.717, 1.165) is 29.9 Å². The van der Waals surface area contributed by atoms with Gasteiger partial charge in [-0.2, -0.15) is 0 Å². The van der Waals surface area contributed by atoms with E-state index in [9.17, 15) is 4.79 Å². The van der Waals surface area contributed by atoms with Gasteiger partial charge in [0, 0.05) is 11.6 Å². The number of halogens is 1. The van der Waals surface area contributed by atoms with Gasteiger partial charge >= 0.3 is 0 Å². The van der Waals surface area contributed by atoms with Crippen LogP contribution in [0.1, 0.15) is 32.3 Å². The Kier molecular flexibility index (Phi) is 8.95. The second-order valence-electron chi connectivity index (χ2n) is 6.28. The molecule has 0 aromatic heterocycles. The molecule has 2 aromatic carbocycles. The maximum Gasteiger partial charge on any atom is 0.261 e. The molecule has 152 valence electrons. The molecule has 1 amide bonds. The predicted molar refractivity (Wildman–Crippen MR) is 112 cm³/mol. The average Bonchev–Trinajstić information content (AvgIpc) is 2.70. The Balaban J connectivity index is 1.81. The van der Waals surface area contributed by atoms with Gasteiger partial charge in [-0.3, -0.25) is 4.79 Å². The molecule has 28 heavy (non-hydrogen) atoms. The minimum atomic E-state index is -0.538. The zero-order chi connectivity index (χ0) is 20.4. The number of amides is 1. The lowest BCUT2D eigenvalue weighted by molar-refractivity contribution is -0.128. The van der Waals surface area contributed by atoms with E-state index < -0.39 is 6.10 Å². The highest BCUT2D eigenvalue weighted by Gasteiger charge is 2.18. The van der Waals surface area contributed by atoms with Crippen molar-refractivity contribution in [3.05, 3.63) is 53.1 Å². The third-order valence-corrected chi connectivity index (χ3v) is 4.44. The number of rotatable bonds is 11. The fraction of sp³-hybridized carbons (Fsp3) is 0.409. The normalized spacial score (nSPS) is 11.6. The number of nitrogens with one attached hydrogen (secondary N) is 1. The summed E-state index contributed by atoms with van der Waals surface area (Å²) in [5.74, 6) is 1.94. The standard InChI is InChI=1S/C22H28ClNO4/c1-4-19(28-18-10-6-9-17(23)15-18)22(25)24-13-7-8-16-11-12-20(27-5-2)21(14-16)26-3/h6,9-12,14-15,19H,4-5,7-8,13H2,1-3H3,(H,24,25)/t19-/m1/s1. The van der Waals surface area contributed by atoms with Crippen LogP contribution in [-0.4, -0.2) is 32.3 Å². The van der Waals surface area contributed by atoms with Gasteiger partial charge in [0.15, 0.2) is 17.6 Å². The first kappa shape index (κ1) is 21.9. The van der Waals surface area contributed by atoms with Crippen LogP contribution in [0.3, 0.4) is 0 Å². The summed E-state index contributed by atoms with van der Waals surface area (Å²) in [5.41, 5.74) is 1.14. The van der Waals surface area contributed by atoms with Crippen molar-refractivity contribution < 1.29 is 19.0 Å². The molecule has 5 nitrogen and oxygen atoms in total. The van der Waals surface area contributed by atoms with Gasteiger partial charge in [0.05, 0.1) is 13.7 Å². The maximum atomic E-state index is 12.4. The highest BCUT2D eigenvalue weighted by molar-refractivity contribution is 6.30. The Morgan fingerprint density at radius 3 is 2.64 bits per heavy atom. The van der Waals surface area contributed by atoms with Gasteiger partial charge in [-0.15, -0.1) is 0 Å². The van der Waals surface area contributed by atoms with Crippen LogP contribution in [0.5, 0.6) is 17.2 Å². The smallest absolute Gasteiger partial charge is 0.261 e. The summed E-state index contributed by atoms with van der Waals surface area (Å²) < 4.78 is 16.7. The van der Waals surface area contributed by atoms with E-state index in [2.05, 4.69) is 5.32 Å². The minimum absolute atomic E-state index is 0.119. The lowest BCUT2D eigenvalue weighted by atomic mass is 10.1. The first-order valence-corrected chi connectivity index (χ1v) is 9.94. The van der Waals surface area contributed by atoms with Gasteiger partial charge in [-0.25, -0.2) is 0 Å². The van der Waals surface area contributed by atoms with Crippen molar-refractivity contribution >= 4 is 17.5 Å². The van der Waals surface area contributed by atoms with E-state index in [-0.39, 0.29) is 5.91 Å². The molecule has 0 saturated carbocycles. The first-order valence-electron chi connectivity index (χ1n) is 9.57. The maximum absolute atomic E-state index is 12.4. The molecule has 0 bridgehead atoms. The summed E-state index contributed by atoms with van der Waals surface area (Å²) in [7, 11) is 1.63. The van der Waals surface area contributed by atoms with Crippen LogP contribution in [0.25, 0.3) is 0 Å². The molecular weight excluding hydrogens is 378 g/mol. The van der Waals surface area contributed by atoms with Gasteiger partial charge < -0.3 is 19.5 Å². The summed E-state index contributed by atoms with van der Waals surface area (Å²) in [6.45, 7) is 5.03. The lowest BCUT2D eigenvalue weighted by Gasteiger charge is -2.17. The van der Waals surface area contributed by atoms with Crippen molar-refractivity contribution in [2.24, 2.45) is 0 Å². The molecule has 0 unspecified atom stereocenters. The lowest BCUT2D eigenvalue weighted by Crippen LogP contribution is -2.38. The van der Waals surface area contributed by atoms with Crippen molar-refractivity contribution in [3.63, 3.8) is 0 Å². The molecule has 0 aliphatic rings. The third kappa shape index (κ3) is 6.64. The predicted octanol–water partition coefficient (Wildman–Crippen LogP) is 4.65. The SMILES string of the molecule is CCOc1ccc(CCCNC(=O)[C@@H](CC)Oc2cccc(Cl)c2)cc1OC. The Labute approximate surface area is 171 Å². The zero-order valence-corrected chi connectivity index (χ0v) is 17.4. The molecule has 2 aromatic rings. The molecule has 0 radical (unpaired) electrons. The van der Waals surface area contributed by atoms with Gasteiger partial charge in [0.2, 0.25) is 0 Å². The molecule has 0 aliphatic heterocycles. The molecule has 2 rings (SSSR count). The largest absolute Gasteiger partial charge is 0.493 e. The van der Waals surface area contributed by atoms with E-state index in [0.29, 0.717) is 30.3 Å². The quantitative estimate of drug-likeness (QED) is 0.552. The molecular formula is C22H28ClNO4. The van der Waals surface area contributed by atoms with Crippen molar-refractivity contribution in [1.82, 2.24) is 5.32 Å². The van der Waals surface area contributed by atoms with Crippen LogP contribution >= 0.6 is 11.6 Å². The second-order valence-corrected chi connectivity index (χ2v) is 6.72. The van der Waals surface area contributed by atoms with E-state index in [1.165, 1.54) is 0 Å². The van der Waals surface area contributed by atoms with Crippen molar-refractivity contribution in [2.75, 3.05) is 20.3 Å². The van der Waals surface area contributed by atoms with Crippen LogP contribution in [-0.2, 0) is 11.2 Å². The summed E-state index contributed by atoms with van der Waals surface area (Å²) >= 11 is 5.96. The number of aryl methyl sites for hydroxylation is 1. The van der Waals surface area contributed by atoms with Gasteiger partial charge in [0.1, 0.15) is 5.75 Å². The molecule has 0 heterocycles. The van der Waals surface area contributed by atoms with E-state index >= 15 is 0 Å². The fourth-order valence-electron chi connectivity index (χ4n) is 2.79. The first-order chi connectivity index (χ1) is 13.6. The Hall–Kier alpha value is -2.40.